The fourth-order valence-electron chi connectivity index (χ4n) is 2.57. The van der Waals surface area contributed by atoms with Crippen LogP contribution in [0, 0.1) is 0 Å². The Morgan fingerprint density at radius 1 is 1.24 bits per heavy atom. The number of nitrogens with one attached hydrogen (secondary N) is 1. The summed E-state index contributed by atoms with van der Waals surface area (Å²) >= 11 is 11.1. The summed E-state index contributed by atoms with van der Waals surface area (Å²) in [5, 5.41) is 11.8. The third kappa shape index (κ3) is 4.61. The number of halogens is 1. The van der Waals surface area contributed by atoms with Crippen molar-refractivity contribution in [3.8, 4) is 5.75 Å². The van der Waals surface area contributed by atoms with Crippen LogP contribution in [0.4, 0.5) is 5.69 Å². The van der Waals surface area contributed by atoms with E-state index in [1.165, 1.54) is 17.9 Å². The molecule has 0 aromatic heterocycles. The highest BCUT2D eigenvalue weighted by atomic mass is 35.5. The first-order chi connectivity index (χ1) is 13.8. The number of ether oxygens (including phenoxy) is 1. The van der Waals surface area contributed by atoms with Crippen LogP contribution in [0.3, 0.4) is 0 Å². The Morgan fingerprint density at radius 2 is 1.93 bits per heavy atom. The normalized spacial score (nSPS) is 16.6. The number of hydrogen-bond donors (Lipinski definition) is 2. The van der Waals surface area contributed by atoms with E-state index in [2.05, 4.69) is 5.32 Å². The molecule has 0 radical (unpaired) electrons. The van der Waals surface area contributed by atoms with E-state index in [0.29, 0.717) is 22.0 Å². The molecule has 0 aliphatic carbocycles. The summed E-state index contributed by atoms with van der Waals surface area (Å²) < 4.78 is 5.26. The van der Waals surface area contributed by atoms with E-state index < -0.39 is 23.9 Å². The molecule has 1 aliphatic rings. The zero-order chi connectivity index (χ0) is 21.1. The molecule has 7 nitrogen and oxygen atoms in total. The van der Waals surface area contributed by atoms with Crippen LogP contribution >= 0.6 is 23.8 Å². The second-order valence-corrected chi connectivity index (χ2v) is 6.93. The molecule has 2 aromatic rings. The summed E-state index contributed by atoms with van der Waals surface area (Å²) in [4.78, 5) is 37.3. The van der Waals surface area contributed by atoms with Gasteiger partial charge in [0, 0.05) is 5.02 Å². The molecule has 0 saturated carbocycles. The molecule has 3 rings (SSSR count). The van der Waals surface area contributed by atoms with Gasteiger partial charge in [0.15, 0.2) is 11.2 Å². The summed E-state index contributed by atoms with van der Waals surface area (Å²) in [6, 6.07) is 12.9. The minimum absolute atomic E-state index is 0.0363. The van der Waals surface area contributed by atoms with Crippen LogP contribution in [0.2, 0.25) is 5.02 Å². The fourth-order valence-corrected chi connectivity index (χ4v) is 3.04. The summed E-state index contributed by atoms with van der Waals surface area (Å²) in [7, 11) is 0. The second-order valence-electron chi connectivity index (χ2n) is 6.11. The molecule has 148 valence electrons. The Balaban J connectivity index is 1.87. The number of carbonyl (C=O) groups is 3. The third-order valence-electron chi connectivity index (χ3n) is 4.02. The minimum Gasteiger partial charge on any atom is -0.479 e. The van der Waals surface area contributed by atoms with Crippen molar-refractivity contribution in [2.75, 3.05) is 4.90 Å². The number of benzene rings is 2. The van der Waals surface area contributed by atoms with Crippen LogP contribution < -0.4 is 15.0 Å². The van der Waals surface area contributed by atoms with Crippen molar-refractivity contribution in [2.24, 2.45) is 0 Å². The average Bonchev–Trinajstić information content (AvgIpc) is 2.66. The average molecular weight is 431 g/mol. The molecular formula is C20H15ClN2O5S. The molecule has 2 N–H and O–H groups in total. The number of carboxylic acids is 1. The lowest BCUT2D eigenvalue weighted by molar-refractivity contribution is -0.144. The van der Waals surface area contributed by atoms with Gasteiger partial charge in [-0.2, -0.15) is 0 Å². The highest BCUT2D eigenvalue weighted by Crippen LogP contribution is 2.25. The van der Waals surface area contributed by atoms with Gasteiger partial charge in [-0.1, -0.05) is 29.8 Å². The highest BCUT2D eigenvalue weighted by Gasteiger charge is 2.34. The summed E-state index contributed by atoms with van der Waals surface area (Å²) in [5.74, 6) is -1.93. The molecule has 1 fully saturated rings. The lowest BCUT2D eigenvalue weighted by Gasteiger charge is -2.29. The van der Waals surface area contributed by atoms with Gasteiger partial charge in [-0.15, -0.1) is 0 Å². The zero-order valence-electron chi connectivity index (χ0n) is 15.1. The van der Waals surface area contributed by atoms with E-state index >= 15 is 0 Å². The molecule has 2 aromatic carbocycles. The number of anilines is 1. The maximum atomic E-state index is 12.9. The molecule has 9 heteroatoms. The SMILES string of the molecule is CC(Oc1ccc(/C=C2\C(=O)NC(=S)N(c3cccc(Cl)c3)C2=O)cc1)C(=O)O. The van der Waals surface area contributed by atoms with Crippen LogP contribution in [0.25, 0.3) is 6.08 Å². The number of thiocarbonyl (C=S) groups is 1. The van der Waals surface area contributed by atoms with Crippen molar-refractivity contribution < 1.29 is 24.2 Å². The quantitative estimate of drug-likeness (QED) is 0.430. The summed E-state index contributed by atoms with van der Waals surface area (Å²) in [6.07, 6.45) is 0.415. The largest absolute Gasteiger partial charge is 0.479 e. The van der Waals surface area contributed by atoms with Gasteiger partial charge in [-0.3, -0.25) is 19.8 Å². The van der Waals surface area contributed by atoms with Crippen molar-refractivity contribution in [1.82, 2.24) is 5.32 Å². The van der Waals surface area contributed by atoms with Crippen molar-refractivity contribution >= 4 is 58.5 Å². The molecule has 1 saturated heterocycles. The number of carbonyl (C=O) groups excluding carboxylic acids is 2. The van der Waals surface area contributed by atoms with Gasteiger partial charge in [0.1, 0.15) is 11.3 Å². The Hall–Kier alpha value is -3.23. The first-order valence-electron chi connectivity index (χ1n) is 8.43. The first kappa shape index (κ1) is 20.5. The minimum atomic E-state index is -1.09. The first-order valence-corrected chi connectivity index (χ1v) is 9.21. The van der Waals surface area contributed by atoms with Crippen molar-refractivity contribution in [3.05, 3.63) is 64.7 Å². The molecule has 0 spiro atoms. The van der Waals surface area contributed by atoms with Crippen LogP contribution in [0.15, 0.2) is 54.1 Å². The summed E-state index contributed by atoms with van der Waals surface area (Å²) in [6.45, 7) is 1.41. The number of nitrogens with zero attached hydrogens (tertiary/aromatic N) is 1. The van der Waals surface area contributed by atoms with Gasteiger partial charge in [0.25, 0.3) is 11.8 Å². The van der Waals surface area contributed by atoms with E-state index in [4.69, 9.17) is 33.7 Å². The van der Waals surface area contributed by atoms with Gasteiger partial charge in [-0.25, -0.2) is 4.79 Å². The number of rotatable bonds is 5. The molecule has 1 aliphatic heterocycles. The Kier molecular flexibility index (Phi) is 5.95. The molecule has 1 heterocycles. The zero-order valence-corrected chi connectivity index (χ0v) is 16.7. The van der Waals surface area contributed by atoms with Gasteiger partial charge >= 0.3 is 5.97 Å². The smallest absolute Gasteiger partial charge is 0.344 e. The number of carboxylic acid groups (broad SMARTS) is 1. The third-order valence-corrected chi connectivity index (χ3v) is 4.54. The monoisotopic (exact) mass is 430 g/mol. The molecule has 1 unspecified atom stereocenters. The maximum absolute atomic E-state index is 12.9. The van der Waals surface area contributed by atoms with Crippen molar-refractivity contribution in [2.45, 2.75) is 13.0 Å². The maximum Gasteiger partial charge on any atom is 0.344 e. The van der Waals surface area contributed by atoms with E-state index in [0.717, 1.165) is 0 Å². The standard InChI is InChI=1S/C20H15ClN2O5S/c1-11(19(26)27)28-15-7-5-12(6-8-15)9-16-17(24)22-20(29)23(18(16)25)14-4-2-3-13(21)10-14/h2-11H,1H3,(H,26,27)(H,22,24,29)/b16-9+. The molecular weight excluding hydrogens is 416 g/mol. The van der Waals surface area contributed by atoms with E-state index in [-0.39, 0.29) is 10.7 Å². The lowest BCUT2D eigenvalue weighted by Crippen LogP contribution is -2.54. The van der Waals surface area contributed by atoms with Crippen molar-refractivity contribution in [3.63, 3.8) is 0 Å². The van der Waals surface area contributed by atoms with Gasteiger partial charge in [0.05, 0.1) is 5.69 Å². The molecule has 1 atom stereocenters. The highest BCUT2D eigenvalue weighted by molar-refractivity contribution is 7.80. The van der Waals surface area contributed by atoms with E-state index in [1.807, 2.05) is 0 Å². The van der Waals surface area contributed by atoms with Crippen molar-refractivity contribution in [1.29, 1.82) is 0 Å². The predicted molar refractivity (Wildman–Crippen MR) is 112 cm³/mol. The van der Waals surface area contributed by atoms with Crippen LogP contribution in [-0.4, -0.2) is 34.1 Å². The topological polar surface area (TPSA) is 95.9 Å². The van der Waals surface area contributed by atoms with E-state index in [9.17, 15) is 14.4 Å². The molecule has 29 heavy (non-hydrogen) atoms. The second kappa shape index (κ2) is 8.42. The van der Waals surface area contributed by atoms with E-state index in [1.54, 1.807) is 48.5 Å². The Bertz CT molecular complexity index is 1040. The summed E-state index contributed by atoms with van der Waals surface area (Å²) in [5.41, 5.74) is 0.883. The number of amides is 2. The fraction of sp³-hybridized carbons (Fsp3) is 0.100. The number of hydrogen-bond acceptors (Lipinski definition) is 5. The van der Waals surface area contributed by atoms with Gasteiger partial charge in [-0.05, 0) is 61.1 Å². The van der Waals surface area contributed by atoms with Gasteiger partial charge < -0.3 is 9.84 Å². The number of aliphatic carboxylic acids is 1. The van der Waals surface area contributed by atoms with Crippen LogP contribution in [-0.2, 0) is 14.4 Å². The van der Waals surface area contributed by atoms with Crippen LogP contribution in [0.1, 0.15) is 12.5 Å². The predicted octanol–water partition coefficient (Wildman–Crippen LogP) is 3.02. The van der Waals surface area contributed by atoms with Gasteiger partial charge in [0.2, 0.25) is 0 Å². The lowest BCUT2D eigenvalue weighted by atomic mass is 10.1. The van der Waals surface area contributed by atoms with Crippen LogP contribution in [0.5, 0.6) is 5.75 Å². The molecule has 2 amide bonds. The molecule has 0 bridgehead atoms. The Morgan fingerprint density at radius 3 is 2.55 bits per heavy atom. The Labute approximate surface area is 176 Å².